The lowest BCUT2D eigenvalue weighted by Gasteiger charge is -2.13. The Morgan fingerprint density at radius 3 is 2.05 bits per heavy atom. The van der Waals surface area contributed by atoms with Crippen molar-refractivity contribution in [2.45, 2.75) is 19.8 Å². The minimum Gasteiger partial charge on any atom is -0.424 e. The second-order valence-electron chi connectivity index (χ2n) is 10.3. The average Bonchev–Trinajstić information content (AvgIpc) is 3.68. The van der Waals surface area contributed by atoms with E-state index in [0.717, 1.165) is 72.3 Å². The summed E-state index contributed by atoms with van der Waals surface area (Å²) in [6.45, 7) is 4.31. The Kier molecular flexibility index (Phi) is 4.91. The number of fused-ring (bicyclic) bond motifs is 6. The third kappa shape index (κ3) is 3.26. The van der Waals surface area contributed by atoms with Crippen LogP contribution in [-0.2, 0) is 0 Å². The monoisotopic (exact) mass is 520 g/mol. The Hall–Kier alpha value is -5.23. The van der Waals surface area contributed by atoms with Gasteiger partial charge in [0.25, 0.3) is 5.78 Å². The Labute approximate surface area is 229 Å². The number of para-hydroxylation sites is 2. The molecule has 0 saturated carbocycles. The van der Waals surface area contributed by atoms with Gasteiger partial charge in [0.1, 0.15) is 11.4 Å². The molecule has 8 aromatic rings. The second kappa shape index (κ2) is 8.64. The largest absolute Gasteiger partial charge is 0.424 e. The number of nitrogens with zero attached hydrogens (tertiary/aromatic N) is 4. The first-order valence-electron chi connectivity index (χ1n) is 13.4. The summed E-state index contributed by atoms with van der Waals surface area (Å²) in [5, 5.41) is 2.63. The molecule has 3 aromatic carbocycles. The van der Waals surface area contributed by atoms with Crippen LogP contribution in [0.2, 0.25) is 0 Å². The van der Waals surface area contributed by atoms with Crippen LogP contribution in [0.3, 0.4) is 0 Å². The summed E-state index contributed by atoms with van der Waals surface area (Å²) in [6, 6.07) is 28.5. The van der Waals surface area contributed by atoms with Crippen molar-refractivity contribution in [3.63, 3.8) is 0 Å². The van der Waals surface area contributed by atoms with Crippen LogP contribution in [0.25, 0.3) is 72.2 Å². The average molecular weight is 521 g/mol. The molecule has 8 rings (SSSR count). The van der Waals surface area contributed by atoms with Crippen molar-refractivity contribution in [1.82, 2.24) is 19.5 Å². The highest BCUT2D eigenvalue weighted by molar-refractivity contribution is 6.23. The molecule has 0 amide bonds. The van der Waals surface area contributed by atoms with Crippen LogP contribution in [0.5, 0.6) is 0 Å². The van der Waals surface area contributed by atoms with E-state index in [2.05, 4.69) is 53.7 Å². The first kappa shape index (κ1) is 22.7. The summed E-state index contributed by atoms with van der Waals surface area (Å²) in [7, 11) is 0. The number of aromatic nitrogens is 4. The van der Waals surface area contributed by atoms with Gasteiger partial charge in [0.2, 0.25) is 0 Å². The molecule has 0 radical (unpaired) electrons. The van der Waals surface area contributed by atoms with Crippen LogP contribution in [0.1, 0.15) is 25.6 Å². The molecule has 0 N–H and O–H groups in total. The summed E-state index contributed by atoms with van der Waals surface area (Å²) in [4.78, 5) is 14.7. The van der Waals surface area contributed by atoms with Crippen molar-refractivity contribution < 1.29 is 8.83 Å². The zero-order chi connectivity index (χ0) is 26.8. The van der Waals surface area contributed by atoms with Crippen molar-refractivity contribution in [1.29, 1.82) is 0 Å². The Morgan fingerprint density at radius 2 is 1.32 bits per heavy atom. The van der Waals surface area contributed by atoms with Crippen LogP contribution in [-0.4, -0.2) is 19.5 Å². The zero-order valence-corrected chi connectivity index (χ0v) is 22.0. The Morgan fingerprint density at radius 1 is 0.675 bits per heavy atom. The quantitative estimate of drug-likeness (QED) is 0.232. The highest BCUT2D eigenvalue weighted by atomic mass is 16.5. The standard InChI is InChI=1S/C34H24N4O2/c1-20(2)32-37-26-15-9-10-16-27(26)38(32)33-29-28-25-18-35-17-23(21-11-5-3-6-12-21)30(25)39-34(28)40-31(29)24(19-36-33)22-13-7-4-8-14-22/h3-20H,1-2H3. The number of furan rings is 2. The van der Waals surface area contributed by atoms with E-state index in [0.29, 0.717) is 5.78 Å². The molecular weight excluding hydrogens is 496 g/mol. The summed E-state index contributed by atoms with van der Waals surface area (Å²) < 4.78 is 15.3. The van der Waals surface area contributed by atoms with E-state index in [1.807, 2.05) is 73.2 Å². The molecule has 0 aliphatic carbocycles. The van der Waals surface area contributed by atoms with Crippen LogP contribution < -0.4 is 0 Å². The number of benzene rings is 3. The normalized spacial score (nSPS) is 12.0. The second-order valence-corrected chi connectivity index (χ2v) is 10.3. The van der Waals surface area contributed by atoms with E-state index in [1.165, 1.54) is 0 Å². The van der Waals surface area contributed by atoms with Gasteiger partial charge in [0.15, 0.2) is 11.4 Å². The molecule has 5 aromatic heterocycles. The molecular formula is C34H24N4O2. The van der Waals surface area contributed by atoms with E-state index in [4.69, 9.17) is 18.8 Å². The number of hydrogen-bond acceptors (Lipinski definition) is 5. The van der Waals surface area contributed by atoms with Gasteiger partial charge in [-0.25, -0.2) is 9.97 Å². The van der Waals surface area contributed by atoms with Gasteiger partial charge in [-0.15, -0.1) is 0 Å². The van der Waals surface area contributed by atoms with Gasteiger partial charge in [-0.3, -0.25) is 9.55 Å². The van der Waals surface area contributed by atoms with Crippen molar-refractivity contribution >= 4 is 44.1 Å². The number of imidazole rings is 1. The van der Waals surface area contributed by atoms with Crippen LogP contribution >= 0.6 is 0 Å². The zero-order valence-electron chi connectivity index (χ0n) is 22.0. The predicted octanol–water partition coefficient (Wildman–Crippen LogP) is 8.92. The van der Waals surface area contributed by atoms with Gasteiger partial charge >= 0.3 is 0 Å². The fourth-order valence-electron chi connectivity index (χ4n) is 5.68. The van der Waals surface area contributed by atoms with Crippen LogP contribution in [0, 0.1) is 0 Å². The smallest absolute Gasteiger partial charge is 0.299 e. The first-order chi connectivity index (χ1) is 19.7. The van der Waals surface area contributed by atoms with Crippen molar-refractivity contribution in [3.05, 3.63) is 109 Å². The summed E-state index contributed by atoms with van der Waals surface area (Å²) >= 11 is 0. The fourth-order valence-corrected chi connectivity index (χ4v) is 5.68. The maximum absolute atomic E-state index is 6.60. The highest BCUT2D eigenvalue weighted by Crippen LogP contribution is 2.45. The molecule has 6 nitrogen and oxygen atoms in total. The third-order valence-electron chi connectivity index (χ3n) is 7.51. The summed E-state index contributed by atoms with van der Waals surface area (Å²) in [5.74, 6) is 2.33. The molecule has 5 heterocycles. The lowest BCUT2D eigenvalue weighted by molar-refractivity contribution is 0.525. The van der Waals surface area contributed by atoms with Gasteiger partial charge in [-0.1, -0.05) is 86.6 Å². The fraction of sp³-hybridized carbons (Fsp3) is 0.0882. The van der Waals surface area contributed by atoms with Gasteiger partial charge < -0.3 is 8.83 Å². The van der Waals surface area contributed by atoms with Crippen molar-refractivity contribution in [2.75, 3.05) is 0 Å². The molecule has 0 spiro atoms. The minimum atomic E-state index is 0.174. The van der Waals surface area contributed by atoms with Gasteiger partial charge in [-0.05, 0) is 23.3 Å². The molecule has 0 aliphatic heterocycles. The first-order valence-corrected chi connectivity index (χ1v) is 13.4. The molecule has 6 heteroatoms. The summed E-state index contributed by atoms with van der Waals surface area (Å²) in [5.41, 5.74) is 7.28. The number of pyridine rings is 2. The van der Waals surface area contributed by atoms with E-state index >= 15 is 0 Å². The predicted molar refractivity (Wildman–Crippen MR) is 159 cm³/mol. The van der Waals surface area contributed by atoms with E-state index in [1.54, 1.807) is 0 Å². The molecule has 0 saturated heterocycles. The molecule has 0 unspecified atom stereocenters. The van der Waals surface area contributed by atoms with Crippen LogP contribution in [0.4, 0.5) is 0 Å². The Balaban J connectivity index is 1.54. The Bertz CT molecular complexity index is 2190. The molecule has 192 valence electrons. The SMILES string of the molecule is CC(C)c1nc2ccccc2n1-c1ncc(-c2ccccc2)c2oc3oc4c(-c5ccccc5)cncc4c3c12. The van der Waals surface area contributed by atoms with Crippen molar-refractivity contribution in [3.8, 4) is 28.1 Å². The maximum atomic E-state index is 6.60. The highest BCUT2D eigenvalue weighted by Gasteiger charge is 2.27. The molecule has 0 aliphatic rings. The lowest BCUT2D eigenvalue weighted by atomic mass is 10.0. The summed E-state index contributed by atoms with van der Waals surface area (Å²) in [6.07, 6.45) is 5.60. The maximum Gasteiger partial charge on any atom is 0.299 e. The molecule has 40 heavy (non-hydrogen) atoms. The lowest BCUT2D eigenvalue weighted by Crippen LogP contribution is -2.06. The molecule has 0 atom stereocenters. The number of rotatable bonds is 4. The van der Waals surface area contributed by atoms with Crippen LogP contribution in [0.15, 0.2) is 112 Å². The number of hydrogen-bond donors (Lipinski definition) is 0. The van der Waals surface area contributed by atoms with E-state index < -0.39 is 0 Å². The van der Waals surface area contributed by atoms with Gasteiger partial charge in [0.05, 0.1) is 27.2 Å². The molecule has 0 fully saturated rings. The van der Waals surface area contributed by atoms with Gasteiger partial charge in [-0.2, -0.15) is 0 Å². The van der Waals surface area contributed by atoms with E-state index in [9.17, 15) is 0 Å². The van der Waals surface area contributed by atoms with Gasteiger partial charge in [0, 0.05) is 35.6 Å². The van der Waals surface area contributed by atoms with E-state index in [-0.39, 0.29) is 5.92 Å². The molecule has 0 bridgehead atoms. The third-order valence-corrected chi connectivity index (χ3v) is 7.51. The van der Waals surface area contributed by atoms with Crippen molar-refractivity contribution in [2.24, 2.45) is 0 Å². The minimum absolute atomic E-state index is 0.174. The topological polar surface area (TPSA) is 69.9 Å².